The summed E-state index contributed by atoms with van der Waals surface area (Å²) in [4.78, 5) is 25.8. The lowest BCUT2D eigenvalue weighted by molar-refractivity contribution is 0.0694. The summed E-state index contributed by atoms with van der Waals surface area (Å²) in [7, 11) is 0. The first-order valence-electron chi connectivity index (χ1n) is 8.90. The average Bonchev–Trinajstić information content (AvgIpc) is 2.65. The van der Waals surface area contributed by atoms with Gasteiger partial charge >= 0.3 is 5.97 Å². The van der Waals surface area contributed by atoms with Crippen LogP contribution in [0.4, 0.5) is 5.95 Å². The van der Waals surface area contributed by atoms with Crippen LogP contribution in [0.1, 0.15) is 34.5 Å². The number of hydrogen-bond acceptors (Lipinski definition) is 6. The number of carboxylic acid groups (broad SMARTS) is 1. The highest BCUT2D eigenvalue weighted by atomic mass is 35.5. The van der Waals surface area contributed by atoms with E-state index in [9.17, 15) is 9.90 Å². The van der Waals surface area contributed by atoms with E-state index in [0.29, 0.717) is 41.3 Å². The third kappa shape index (κ3) is 4.86. The van der Waals surface area contributed by atoms with E-state index < -0.39 is 5.97 Å². The number of pyridine rings is 1. The number of aryl methyl sites for hydroxylation is 2. The number of rotatable bonds is 7. The van der Waals surface area contributed by atoms with E-state index in [2.05, 4.69) is 21.0 Å². The molecule has 3 rings (SSSR count). The maximum atomic E-state index is 11.2. The topological polar surface area (TPSA) is 88.4 Å². The van der Waals surface area contributed by atoms with Gasteiger partial charge in [0, 0.05) is 18.8 Å². The van der Waals surface area contributed by atoms with E-state index in [1.807, 2.05) is 17.2 Å². The van der Waals surface area contributed by atoms with Crippen LogP contribution in [0, 0.1) is 13.8 Å². The summed E-state index contributed by atoms with van der Waals surface area (Å²) in [6, 6.07) is 1.67. The van der Waals surface area contributed by atoms with Crippen molar-refractivity contribution in [3.63, 3.8) is 0 Å². The number of carboxylic acids is 1. The molecule has 0 saturated carbocycles. The predicted molar refractivity (Wildman–Crippen MR) is 107 cm³/mol. The molecule has 0 unspecified atom stereocenters. The summed E-state index contributed by atoms with van der Waals surface area (Å²) in [6.45, 7) is 4.63. The Labute approximate surface area is 168 Å². The fourth-order valence-corrected chi connectivity index (χ4v) is 3.06. The molecule has 0 radical (unpaired) electrons. The lowest BCUT2D eigenvalue weighted by Crippen LogP contribution is -2.21. The molecule has 0 atom stereocenters. The second kappa shape index (κ2) is 8.84. The molecule has 2 aromatic rings. The standard InChI is InChI=1S/C20H21ClN4O3/c1-13-10-17(24-14(2)18(13)19(26)27)28-9-3-4-15-5-7-25(8-6-15)20-22-11-16(21)12-23-20/h5-7,10-12H,3-4,8-9H2,1-2H3,(H,26,27). The van der Waals surface area contributed by atoms with Gasteiger partial charge < -0.3 is 14.7 Å². The Morgan fingerprint density at radius 1 is 1.32 bits per heavy atom. The summed E-state index contributed by atoms with van der Waals surface area (Å²) in [5.74, 6) is 0.100. The van der Waals surface area contributed by atoms with E-state index in [1.165, 1.54) is 5.57 Å². The van der Waals surface area contributed by atoms with E-state index >= 15 is 0 Å². The Morgan fingerprint density at radius 3 is 2.68 bits per heavy atom. The molecule has 1 aliphatic rings. The van der Waals surface area contributed by atoms with Crippen LogP contribution in [0.15, 0.2) is 42.4 Å². The van der Waals surface area contributed by atoms with Gasteiger partial charge in [0.1, 0.15) is 0 Å². The SMILES string of the molecule is Cc1cc(OCCCC2=CCN(c3ncc(Cl)cn3)C=C2)nc(C)c1C(=O)O. The van der Waals surface area contributed by atoms with Crippen molar-refractivity contribution in [1.29, 1.82) is 0 Å². The molecular weight excluding hydrogens is 380 g/mol. The molecule has 0 fully saturated rings. The first-order chi connectivity index (χ1) is 13.4. The van der Waals surface area contributed by atoms with Gasteiger partial charge in [-0.05, 0) is 43.9 Å². The second-order valence-corrected chi connectivity index (χ2v) is 6.88. The molecule has 146 valence electrons. The zero-order valence-electron chi connectivity index (χ0n) is 15.7. The van der Waals surface area contributed by atoms with Crippen molar-refractivity contribution < 1.29 is 14.6 Å². The third-order valence-corrected chi connectivity index (χ3v) is 4.53. The van der Waals surface area contributed by atoms with Crippen LogP contribution in [-0.4, -0.2) is 39.2 Å². The van der Waals surface area contributed by atoms with E-state index in [-0.39, 0.29) is 5.56 Å². The van der Waals surface area contributed by atoms with Crippen molar-refractivity contribution in [2.75, 3.05) is 18.1 Å². The van der Waals surface area contributed by atoms with Crippen molar-refractivity contribution >= 4 is 23.5 Å². The molecule has 28 heavy (non-hydrogen) atoms. The molecule has 0 saturated heterocycles. The van der Waals surface area contributed by atoms with Gasteiger partial charge in [0.05, 0.1) is 35.3 Å². The van der Waals surface area contributed by atoms with Gasteiger partial charge in [0.15, 0.2) is 0 Å². The number of carbonyl (C=O) groups is 1. The monoisotopic (exact) mass is 400 g/mol. The summed E-state index contributed by atoms with van der Waals surface area (Å²) in [5.41, 5.74) is 2.57. The molecule has 1 aliphatic heterocycles. The molecular formula is C20H21ClN4O3. The van der Waals surface area contributed by atoms with E-state index in [0.717, 1.165) is 12.8 Å². The number of hydrogen-bond donors (Lipinski definition) is 1. The summed E-state index contributed by atoms with van der Waals surface area (Å²) >= 11 is 5.81. The van der Waals surface area contributed by atoms with Gasteiger partial charge in [0.25, 0.3) is 0 Å². The zero-order valence-corrected chi connectivity index (χ0v) is 16.5. The van der Waals surface area contributed by atoms with Crippen LogP contribution in [0.2, 0.25) is 5.02 Å². The molecule has 7 nitrogen and oxygen atoms in total. The molecule has 0 spiro atoms. The average molecular weight is 401 g/mol. The fraction of sp³-hybridized carbons (Fsp3) is 0.300. The van der Waals surface area contributed by atoms with Gasteiger partial charge in [0.2, 0.25) is 11.8 Å². The molecule has 8 heteroatoms. The van der Waals surface area contributed by atoms with Crippen molar-refractivity contribution in [1.82, 2.24) is 15.0 Å². The second-order valence-electron chi connectivity index (χ2n) is 6.44. The zero-order chi connectivity index (χ0) is 20.1. The number of nitrogens with zero attached hydrogens (tertiary/aromatic N) is 4. The van der Waals surface area contributed by atoms with Gasteiger partial charge in [-0.1, -0.05) is 17.7 Å². The molecule has 3 heterocycles. The van der Waals surface area contributed by atoms with Crippen molar-refractivity contribution in [2.24, 2.45) is 0 Å². The normalized spacial score (nSPS) is 13.4. The van der Waals surface area contributed by atoms with Crippen LogP contribution in [0.3, 0.4) is 0 Å². The lowest BCUT2D eigenvalue weighted by atomic mass is 10.1. The van der Waals surface area contributed by atoms with Crippen LogP contribution < -0.4 is 9.64 Å². The lowest BCUT2D eigenvalue weighted by Gasteiger charge is -2.20. The number of allylic oxidation sites excluding steroid dienone is 2. The van der Waals surface area contributed by atoms with Crippen LogP contribution >= 0.6 is 11.6 Å². The Balaban J connectivity index is 1.47. The Bertz CT molecular complexity index is 903. The highest BCUT2D eigenvalue weighted by molar-refractivity contribution is 6.30. The molecule has 0 amide bonds. The van der Waals surface area contributed by atoms with Crippen molar-refractivity contribution in [2.45, 2.75) is 26.7 Å². The minimum atomic E-state index is -0.969. The van der Waals surface area contributed by atoms with Gasteiger partial charge in [-0.25, -0.2) is 19.7 Å². The molecule has 0 aliphatic carbocycles. The Kier molecular flexibility index (Phi) is 6.26. The third-order valence-electron chi connectivity index (χ3n) is 4.33. The van der Waals surface area contributed by atoms with Crippen LogP contribution in [0.25, 0.3) is 0 Å². The number of aromatic nitrogens is 3. The first-order valence-corrected chi connectivity index (χ1v) is 9.27. The van der Waals surface area contributed by atoms with Gasteiger partial charge in [-0.2, -0.15) is 0 Å². The fourth-order valence-electron chi connectivity index (χ4n) is 2.96. The Morgan fingerprint density at radius 2 is 2.07 bits per heavy atom. The highest BCUT2D eigenvalue weighted by Gasteiger charge is 2.14. The first kappa shape index (κ1) is 19.8. The largest absolute Gasteiger partial charge is 0.478 e. The number of aromatic carboxylic acids is 1. The highest BCUT2D eigenvalue weighted by Crippen LogP contribution is 2.20. The maximum Gasteiger partial charge on any atom is 0.337 e. The van der Waals surface area contributed by atoms with Crippen LogP contribution in [0.5, 0.6) is 5.88 Å². The summed E-state index contributed by atoms with van der Waals surface area (Å²) in [6.07, 6.45) is 11.0. The van der Waals surface area contributed by atoms with Gasteiger partial charge in [-0.15, -0.1) is 0 Å². The molecule has 2 aromatic heterocycles. The molecule has 1 N–H and O–H groups in total. The number of halogens is 1. The van der Waals surface area contributed by atoms with Crippen molar-refractivity contribution in [3.8, 4) is 5.88 Å². The van der Waals surface area contributed by atoms with Gasteiger partial charge in [-0.3, -0.25) is 0 Å². The maximum absolute atomic E-state index is 11.2. The number of ether oxygens (including phenoxy) is 1. The summed E-state index contributed by atoms with van der Waals surface area (Å²) < 4.78 is 5.70. The molecule has 0 bridgehead atoms. The predicted octanol–water partition coefficient (Wildman–Crippen LogP) is 3.96. The smallest absolute Gasteiger partial charge is 0.337 e. The quantitative estimate of drug-likeness (QED) is 0.703. The minimum Gasteiger partial charge on any atom is -0.478 e. The van der Waals surface area contributed by atoms with E-state index in [4.69, 9.17) is 16.3 Å². The summed E-state index contributed by atoms with van der Waals surface area (Å²) in [5, 5.41) is 9.70. The number of anilines is 1. The van der Waals surface area contributed by atoms with Crippen molar-refractivity contribution in [3.05, 3.63) is 64.2 Å². The van der Waals surface area contributed by atoms with E-state index in [1.54, 1.807) is 32.3 Å². The Hall–Kier alpha value is -2.93. The molecule has 0 aromatic carbocycles. The minimum absolute atomic E-state index is 0.235. The van der Waals surface area contributed by atoms with Crippen LogP contribution in [-0.2, 0) is 0 Å².